The molecule has 2 N–H and O–H groups in total. The van der Waals surface area contributed by atoms with Crippen molar-refractivity contribution < 1.29 is 8.78 Å². The van der Waals surface area contributed by atoms with E-state index in [0.29, 0.717) is 5.56 Å². The summed E-state index contributed by atoms with van der Waals surface area (Å²) in [7, 11) is 0. The van der Waals surface area contributed by atoms with Crippen molar-refractivity contribution in [2.75, 3.05) is 0 Å². The molecule has 70 valence electrons. The molecule has 2 rings (SSSR count). The summed E-state index contributed by atoms with van der Waals surface area (Å²) in [6, 6.07) is 2.36. The molecule has 1 aromatic rings. The van der Waals surface area contributed by atoms with E-state index in [-0.39, 0.29) is 22.2 Å². The van der Waals surface area contributed by atoms with E-state index in [1.54, 1.807) is 0 Å². The summed E-state index contributed by atoms with van der Waals surface area (Å²) in [5.74, 6) is -0.815. The van der Waals surface area contributed by atoms with Gasteiger partial charge in [-0.15, -0.1) is 0 Å². The van der Waals surface area contributed by atoms with E-state index in [9.17, 15) is 8.78 Å². The third kappa shape index (κ3) is 1.60. The Morgan fingerprint density at radius 3 is 2.46 bits per heavy atom. The largest absolute Gasteiger partial charge is 0.327 e. The highest BCUT2D eigenvalue weighted by molar-refractivity contribution is 9.10. The van der Waals surface area contributed by atoms with Crippen molar-refractivity contribution in [3.63, 3.8) is 0 Å². The smallest absolute Gasteiger partial charge is 0.137 e. The molecule has 0 amide bonds. The first-order valence-corrected chi connectivity index (χ1v) is 4.79. The summed E-state index contributed by atoms with van der Waals surface area (Å²) in [4.78, 5) is 0. The Hall–Kier alpha value is -0.480. The average Bonchev–Trinajstić information content (AvgIpc) is 2.75. The third-order valence-electron chi connectivity index (χ3n) is 2.28. The van der Waals surface area contributed by atoms with Gasteiger partial charge in [-0.05, 0) is 40.0 Å². The third-order valence-corrected chi connectivity index (χ3v) is 2.89. The first kappa shape index (κ1) is 9.09. The van der Waals surface area contributed by atoms with Crippen LogP contribution in [0.4, 0.5) is 8.78 Å². The van der Waals surface area contributed by atoms with Crippen LogP contribution in [0.1, 0.15) is 17.9 Å². The first-order chi connectivity index (χ1) is 6.09. The molecule has 0 bridgehead atoms. The zero-order valence-corrected chi connectivity index (χ0v) is 8.31. The molecule has 1 saturated carbocycles. The van der Waals surface area contributed by atoms with E-state index in [1.165, 1.54) is 6.07 Å². The van der Waals surface area contributed by atoms with E-state index < -0.39 is 5.82 Å². The molecule has 0 unspecified atom stereocenters. The zero-order valence-electron chi connectivity index (χ0n) is 6.73. The number of benzene rings is 1. The topological polar surface area (TPSA) is 26.0 Å². The lowest BCUT2D eigenvalue weighted by molar-refractivity contribution is 0.580. The monoisotopic (exact) mass is 247 g/mol. The Kier molecular flexibility index (Phi) is 2.12. The molecule has 1 aromatic carbocycles. The molecule has 0 saturated heterocycles. The van der Waals surface area contributed by atoms with Gasteiger partial charge >= 0.3 is 0 Å². The fourth-order valence-corrected chi connectivity index (χ4v) is 1.71. The average molecular weight is 248 g/mol. The first-order valence-electron chi connectivity index (χ1n) is 3.99. The van der Waals surface area contributed by atoms with Gasteiger partial charge in [0.05, 0.1) is 4.47 Å². The summed E-state index contributed by atoms with van der Waals surface area (Å²) in [5.41, 5.74) is 5.95. The second kappa shape index (κ2) is 3.03. The van der Waals surface area contributed by atoms with Gasteiger partial charge in [0, 0.05) is 12.0 Å². The minimum Gasteiger partial charge on any atom is -0.327 e. The Bertz CT molecular complexity index is 354. The summed E-state index contributed by atoms with van der Waals surface area (Å²) >= 11 is 2.92. The number of rotatable bonds is 1. The van der Waals surface area contributed by atoms with Crippen LogP contribution in [0, 0.1) is 11.6 Å². The van der Waals surface area contributed by atoms with Gasteiger partial charge in [0.15, 0.2) is 0 Å². The predicted molar refractivity (Wildman–Crippen MR) is 49.4 cm³/mol. The number of halogens is 3. The fraction of sp³-hybridized carbons (Fsp3) is 0.333. The molecule has 1 fully saturated rings. The molecule has 4 heteroatoms. The van der Waals surface area contributed by atoms with E-state index >= 15 is 0 Å². The SMILES string of the molecule is N[C@@H]1C[C@H]1c1cc(F)c(Br)cc1F. The van der Waals surface area contributed by atoms with Gasteiger partial charge in [-0.2, -0.15) is 0 Å². The lowest BCUT2D eigenvalue weighted by atomic mass is 10.1. The summed E-state index contributed by atoms with van der Waals surface area (Å²) < 4.78 is 26.4. The van der Waals surface area contributed by atoms with Gasteiger partial charge in [-0.1, -0.05) is 0 Å². The van der Waals surface area contributed by atoms with Crippen molar-refractivity contribution in [2.45, 2.75) is 18.4 Å². The molecule has 0 spiro atoms. The molecule has 0 radical (unpaired) electrons. The maximum Gasteiger partial charge on any atom is 0.137 e. The molecule has 0 heterocycles. The standard InChI is InChI=1S/C9H8BrF2N/c10-6-3-7(11)4(1-8(6)12)5-2-9(5)13/h1,3,5,9H,2,13H2/t5-,9+/m0/s1. The lowest BCUT2D eigenvalue weighted by Gasteiger charge is -2.02. The Morgan fingerprint density at radius 2 is 1.92 bits per heavy atom. The minimum absolute atomic E-state index is 0.00241. The van der Waals surface area contributed by atoms with Crippen molar-refractivity contribution in [1.82, 2.24) is 0 Å². The van der Waals surface area contributed by atoms with E-state index in [4.69, 9.17) is 5.73 Å². The second-order valence-corrected chi connectivity index (χ2v) is 4.15. The van der Waals surface area contributed by atoms with Crippen molar-refractivity contribution in [3.8, 4) is 0 Å². The van der Waals surface area contributed by atoms with Gasteiger partial charge in [0.2, 0.25) is 0 Å². The normalized spacial score (nSPS) is 26.2. The van der Waals surface area contributed by atoms with Crippen molar-refractivity contribution >= 4 is 15.9 Å². The van der Waals surface area contributed by atoms with Crippen LogP contribution in [0.15, 0.2) is 16.6 Å². The summed E-state index contributed by atoms with van der Waals surface area (Å²) in [5, 5.41) is 0. The van der Waals surface area contributed by atoms with Gasteiger partial charge in [0.25, 0.3) is 0 Å². The van der Waals surface area contributed by atoms with Crippen LogP contribution >= 0.6 is 15.9 Å². The van der Waals surface area contributed by atoms with Crippen molar-refractivity contribution in [3.05, 3.63) is 33.8 Å². The van der Waals surface area contributed by atoms with Crippen LogP contribution in [0.3, 0.4) is 0 Å². The fourth-order valence-electron chi connectivity index (χ4n) is 1.39. The molecule has 1 aliphatic rings. The van der Waals surface area contributed by atoms with Gasteiger partial charge in [0.1, 0.15) is 11.6 Å². The maximum absolute atomic E-state index is 13.2. The van der Waals surface area contributed by atoms with Crippen LogP contribution in [0.5, 0.6) is 0 Å². The Balaban J connectivity index is 2.41. The molecule has 1 nitrogen and oxygen atoms in total. The van der Waals surface area contributed by atoms with Gasteiger partial charge in [-0.25, -0.2) is 8.78 Å². The predicted octanol–water partition coefficient (Wildman–Crippen LogP) is 2.54. The zero-order chi connectivity index (χ0) is 9.59. The van der Waals surface area contributed by atoms with Gasteiger partial charge in [-0.3, -0.25) is 0 Å². The van der Waals surface area contributed by atoms with Gasteiger partial charge < -0.3 is 5.73 Å². The molecular weight excluding hydrogens is 240 g/mol. The maximum atomic E-state index is 13.2. The highest BCUT2D eigenvalue weighted by atomic mass is 79.9. The van der Waals surface area contributed by atoms with E-state index in [2.05, 4.69) is 15.9 Å². The second-order valence-electron chi connectivity index (χ2n) is 3.29. The van der Waals surface area contributed by atoms with Crippen LogP contribution in [0.25, 0.3) is 0 Å². The van der Waals surface area contributed by atoms with E-state index in [0.717, 1.165) is 12.5 Å². The highest BCUT2D eigenvalue weighted by Gasteiger charge is 2.37. The number of nitrogens with two attached hydrogens (primary N) is 1. The molecule has 0 aliphatic heterocycles. The molecule has 1 aliphatic carbocycles. The molecule has 13 heavy (non-hydrogen) atoms. The minimum atomic E-state index is -0.435. The van der Waals surface area contributed by atoms with Crippen LogP contribution in [-0.4, -0.2) is 6.04 Å². The Labute approximate surface area is 83.1 Å². The summed E-state index contributed by atoms with van der Waals surface area (Å²) in [6.07, 6.45) is 0.748. The van der Waals surface area contributed by atoms with Crippen LogP contribution < -0.4 is 5.73 Å². The van der Waals surface area contributed by atoms with Crippen LogP contribution in [-0.2, 0) is 0 Å². The summed E-state index contributed by atoms with van der Waals surface area (Å²) in [6.45, 7) is 0. The quantitative estimate of drug-likeness (QED) is 0.759. The molecule has 2 atom stereocenters. The molecule has 0 aromatic heterocycles. The van der Waals surface area contributed by atoms with E-state index in [1.807, 2.05) is 0 Å². The van der Waals surface area contributed by atoms with Crippen molar-refractivity contribution in [1.29, 1.82) is 0 Å². The highest BCUT2D eigenvalue weighted by Crippen LogP contribution is 2.41. The Morgan fingerprint density at radius 1 is 1.31 bits per heavy atom. The lowest BCUT2D eigenvalue weighted by Crippen LogP contribution is -2.02. The number of hydrogen-bond acceptors (Lipinski definition) is 1. The van der Waals surface area contributed by atoms with Crippen molar-refractivity contribution in [2.24, 2.45) is 5.73 Å². The molecular formula is C9H8BrF2N. The number of hydrogen-bond donors (Lipinski definition) is 1. The van der Waals surface area contributed by atoms with Crippen LogP contribution in [0.2, 0.25) is 0 Å².